The van der Waals surface area contributed by atoms with Gasteiger partial charge in [-0.3, -0.25) is 14.9 Å². The van der Waals surface area contributed by atoms with Crippen LogP contribution in [-0.4, -0.2) is 55.1 Å². The Kier molecular flexibility index (Phi) is 6.09. The maximum absolute atomic E-state index is 14.7. The van der Waals surface area contributed by atoms with E-state index in [2.05, 4.69) is 19.2 Å². The molecule has 9 heteroatoms. The van der Waals surface area contributed by atoms with Crippen LogP contribution in [0.1, 0.15) is 51.0 Å². The SMILES string of the molecule is CC(C)C1CC(OC(=O)N(C)C2CN(c3cc(F)c(C4CCC(=O)NC4=O)c(F)c3)C2)C1. The number of amides is 3. The Morgan fingerprint density at radius 2 is 1.81 bits per heavy atom. The van der Waals surface area contributed by atoms with Crippen molar-refractivity contribution in [2.45, 2.75) is 57.6 Å². The summed E-state index contributed by atoms with van der Waals surface area (Å²) < 4.78 is 35.0. The number of ether oxygens (including phenoxy) is 1. The van der Waals surface area contributed by atoms with E-state index in [1.807, 2.05) is 0 Å². The van der Waals surface area contributed by atoms with E-state index in [4.69, 9.17) is 4.74 Å². The predicted molar refractivity (Wildman–Crippen MR) is 113 cm³/mol. The van der Waals surface area contributed by atoms with Gasteiger partial charge in [0.1, 0.15) is 17.7 Å². The highest BCUT2D eigenvalue weighted by Crippen LogP contribution is 2.37. The molecule has 2 saturated heterocycles. The summed E-state index contributed by atoms with van der Waals surface area (Å²) in [5.41, 5.74) is 0.0459. The number of nitrogens with one attached hydrogen (secondary N) is 1. The minimum Gasteiger partial charge on any atom is -0.446 e. The fourth-order valence-electron chi connectivity index (χ4n) is 4.59. The van der Waals surface area contributed by atoms with Gasteiger partial charge in [0.05, 0.1) is 12.0 Å². The molecule has 1 saturated carbocycles. The molecule has 1 aliphatic carbocycles. The summed E-state index contributed by atoms with van der Waals surface area (Å²) >= 11 is 0. The van der Waals surface area contributed by atoms with Gasteiger partial charge in [-0.15, -0.1) is 0 Å². The van der Waals surface area contributed by atoms with Gasteiger partial charge in [-0.05, 0) is 43.2 Å². The highest BCUT2D eigenvalue weighted by atomic mass is 19.1. The Morgan fingerprint density at radius 1 is 1.19 bits per heavy atom. The van der Waals surface area contributed by atoms with E-state index in [9.17, 15) is 23.2 Å². The zero-order valence-corrected chi connectivity index (χ0v) is 18.6. The average Bonchev–Trinajstić information content (AvgIpc) is 2.63. The Hall–Kier alpha value is -2.71. The fraction of sp³-hybridized carbons (Fsp3) is 0.609. The average molecular weight is 449 g/mol. The lowest BCUT2D eigenvalue weighted by atomic mass is 9.75. The number of rotatable bonds is 5. The van der Waals surface area contributed by atoms with Crippen LogP contribution in [0.5, 0.6) is 0 Å². The van der Waals surface area contributed by atoms with Gasteiger partial charge in [0.25, 0.3) is 0 Å². The van der Waals surface area contributed by atoms with Gasteiger partial charge < -0.3 is 14.5 Å². The van der Waals surface area contributed by atoms with E-state index >= 15 is 0 Å². The van der Waals surface area contributed by atoms with Gasteiger partial charge in [-0.1, -0.05) is 13.8 Å². The smallest absolute Gasteiger partial charge is 0.410 e. The van der Waals surface area contributed by atoms with Gasteiger partial charge in [0.2, 0.25) is 11.8 Å². The fourth-order valence-corrected chi connectivity index (χ4v) is 4.59. The van der Waals surface area contributed by atoms with Crippen LogP contribution in [0.15, 0.2) is 12.1 Å². The van der Waals surface area contributed by atoms with E-state index in [1.54, 1.807) is 16.8 Å². The summed E-state index contributed by atoms with van der Waals surface area (Å²) in [4.78, 5) is 39.0. The van der Waals surface area contributed by atoms with Crippen molar-refractivity contribution in [3.8, 4) is 0 Å². The number of piperidine rings is 1. The molecule has 4 rings (SSSR count). The van der Waals surface area contributed by atoms with Crippen molar-refractivity contribution in [3.05, 3.63) is 29.3 Å². The maximum atomic E-state index is 14.7. The third-order valence-electron chi connectivity index (χ3n) is 7.06. The van der Waals surface area contributed by atoms with E-state index in [0.717, 1.165) is 12.8 Å². The Labute approximate surface area is 186 Å². The first-order chi connectivity index (χ1) is 15.1. The lowest BCUT2D eigenvalue weighted by Crippen LogP contribution is -2.60. The van der Waals surface area contributed by atoms with Crippen LogP contribution >= 0.6 is 0 Å². The summed E-state index contributed by atoms with van der Waals surface area (Å²) in [6, 6.07) is 2.30. The standard InChI is InChI=1S/C23H29F2N3O4/c1-12(2)13-6-16(7-13)32-23(31)27(3)15-10-28(11-15)14-8-18(24)21(19(25)9-14)17-4-5-20(29)26-22(17)30/h8-9,12-13,15-17H,4-7,10-11H2,1-3H3,(H,26,29,30). The normalized spacial score (nSPS) is 25.8. The Bertz CT molecular complexity index is 903. The molecular formula is C23H29F2N3O4. The summed E-state index contributed by atoms with van der Waals surface area (Å²) in [6.07, 6.45) is 1.52. The zero-order valence-electron chi connectivity index (χ0n) is 18.6. The van der Waals surface area contributed by atoms with Crippen LogP contribution < -0.4 is 10.2 Å². The van der Waals surface area contributed by atoms with Crippen molar-refractivity contribution in [3.63, 3.8) is 0 Å². The third-order valence-corrected chi connectivity index (χ3v) is 7.06. The molecule has 1 aromatic carbocycles. The first kappa shape index (κ1) is 22.5. The molecular weight excluding hydrogens is 420 g/mol. The van der Waals surface area contributed by atoms with Crippen molar-refractivity contribution in [2.24, 2.45) is 11.8 Å². The second-order valence-corrected chi connectivity index (χ2v) is 9.48. The monoisotopic (exact) mass is 449 g/mol. The maximum Gasteiger partial charge on any atom is 0.410 e. The molecule has 1 unspecified atom stereocenters. The first-order valence-electron chi connectivity index (χ1n) is 11.1. The minimum atomic E-state index is -1.02. The molecule has 3 aliphatic rings. The summed E-state index contributed by atoms with van der Waals surface area (Å²) in [5, 5.41) is 2.13. The van der Waals surface area contributed by atoms with Crippen LogP contribution in [0.2, 0.25) is 0 Å². The molecule has 1 aromatic rings. The molecule has 7 nitrogen and oxygen atoms in total. The van der Waals surface area contributed by atoms with E-state index in [0.29, 0.717) is 30.6 Å². The number of halogens is 2. The minimum absolute atomic E-state index is 0.0310. The molecule has 32 heavy (non-hydrogen) atoms. The highest BCUT2D eigenvalue weighted by molar-refractivity contribution is 6.01. The van der Waals surface area contributed by atoms with Gasteiger partial charge >= 0.3 is 6.09 Å². The second kappa shape index (κ2) is 8.67. The number of imide groups is 1. The Morgan fingerprint density at radius 3 is 2.38 bits per heavy atom. The molecule has 2 aliphatic heterocycles. The second-order valence-electron chi connectivity index (χ2n) is 9.48. The lowest BCUT2D eigenvalue weighted by molar-refractivity contribution is -0.134. The van der Waals surface area contributed by atoms with E-state index < -0.39 is 29.4 Å². The van der Waals surface area contributed by atoms with Crippen LogP contribution in [0.3, 0.4) is 0 Å². The number of anilines is 1. The summed E-state index contributed by atoms with van der Waals surface area (Å²) in [5.74, 6) is -2.56. The number of benzene rings is 1. The number of hydrogen-bond donors (Lipinski definition) is 1. The summed E-state index contributed by atoms with van der Waals surface area (Å²) in [6.45, 7) is 5.20. The van der Waals surface area contributed by atoms with Crippen molar-refractivity contribution < 1.29 is 27.9 Å². The molecule has 0 radical (unpaired) electrons. The number of carbonyl (C=O) groups excluding carboxylic acids is 3. The predicted octanol–water partition coefficient (Wildman–Crippen LogP) is 3.18. The molecule has 0 bridgehead atoms. The highest BCUT2D eigenvalue weighted by Gasteiger charge is 2.39. The van der Waals surface area contributed by atoms with Crippen LogP contribution in [0.25, 0.3) is 0 Å². The molecule has 1 N–H and O–H groups in total. The van der Waals surface area contributed by atoms with Gasteiger partial charge in [-0.25, -0.2) is 13.6 Å². The topological polar surface area (TPSA) is 79.0 Å². The zero-order chi connectivity index (χ0) is 23.2. The van der Waals surface area contributed by atoms with Crippen LogP contribution in [0.4, 0.5) is 19.3 Å². The summed E-state index contributed by atoms with van der Waals surface area (Å²) in [7, 11) is 1.68. The molecule has 2 heterocycles. The van der Waals surface area contributed by atoms with Crippen LogP contribution in [0, 0.1) is 23.5 Å². The van der Waals surface area contributed by atoms with Gasteiger partial charge in [-0.2, -0.15) is 0 Å². The van der Waals surface area contributed by atoms with Crippen molar-refractivity contribution in [1.82, 2.24) is 10.2 Å². The van der Waals surface area contributed by atoms with Crippen molar-refractivity contribution in [1.29, 1.82) is 0 Å². The molecule has 3 fully saturated rings. The largest absolute Gasteiger partial charge is 0.446 e. The third kappa shape index (κ3) is 4.29. The number of hydrogen-bond acceptors (Lipinski definition) is 5. The van der Waals surface area contributed by atoms with E-state index in [-0.39, 0.29) is 36.6 Å². The first-order valence-corrected chi connectivity index (χ1v) is 11.1. The molecule has 3 amide bonds. The molecule has 174 valence electrons. The van der Waals surface area contributed by atoms with Gasteiger partial charge in [0.15, 0.2) is 0 Å². The quantitative estimate of drug-likeness (QED) is 0.699. The number of likely N-dealkylation sites (N-methyl/N-ethyl adjacent to an activating group) is 1. The van der Waals surface area contributed by atoms with Gasteiger partial charge in [0, 0.05) is 37.8 Å². The number of carbonyl (C=O) groups is 3. The molecule has 0 aromatic heterocycles. The Balaban J connectivity index is 1.33. The lowest BCUT2D eigenvalue weighted by Gasteiger charge is -2.46. The van der Waals surface area contributed by atoms with Crippen LogP contribution in [-0.2, 0) is 14.3 Å². The molecule has 0 spiro atoms. The van der Waals surface area contributed by atoms with Crippen molar-refractivity contribution in [2.75, 3.05) is 25.0 Å². The van der Waals surface area contributed by atoms with Crippen molar-refractivity contribution >= 4 is 23.6 Å². The molecule has 1 atom stereocenters. The van der Waals surface area contributed by atoms with E-state index in [1.165, 1.54) is 12.1 Å². The number of nitrogens with zero attached hydrogens (tertiary/aromatic N) is 2.